The van der Waals surface area contributed by atoms with Gasteiger partial charge in [0.05, 0.1) is 0 Å². The molecule has 0 saturated carbocycles. The van der Waals surface area contributed by atoms with E-state index in [0.29, 0.717) is 11.1 Å². The number of hydrogen-bond acceptors (Lipinski definition) is 1. The van der Waals surface area contributed by atoms with E-state index in [1.165, 1.54) is 19.9 Å². The van der Waals surface area contributed by atoms with E-state index in [2.05, 4.69) is 0 Å². The molecule has 4 heteroatoms. The summed E-state index contributed by atoms with van der Waals surface area (Å²) in [7, 11) is 0. The van der Waals surface area contributed by atoms with Crippen LogP contribution in [0.3, 0.4) is 0 Å². The van der Waals surface area contributed by atoms with Gasteiger partial charge >= 0.3 is 5.97 Å². The molecule has 0 amide bonds. The summed E-state index contributed by atoms with van der Waals surface area (Å²) in [5.41, 5.74) is 0.554. The Morgan fingerprint density at radius 1 is 1.27 bits per heavy atom. The van der Waals surface area contributed by atoms with Crippen molar-refractivity contribution in [1.29, 1.82) is 0 Å². The lowest BCUT2D eigenvalue weighted by atomic mass is 10.0. The van der Waals surface area contributed by atoms with E-state index in [9.17, 15) is 13.6 Å². The third kappa shape index (κ3) is 2.52. The quantitative estimate of drug-likeness (QED) is 0.839. The molecule has 1 aromatic rings. The van der Waals surface area contributed by atoms with Crippen molar-refractivity contribution >= 4 is 5.97 Å². The highest BCUT2D eigenvalue weighted by Gasteiger charge is 2.15. The minimum absolute atomic E-state index is 0.116. The Kier molecular flexibility index (Phi) is 3.39. The molecule has 0 unspecified atom stereocenters. The van der Waals surface area contributed by atoms with Gasteiger partial charge in [-0.3, -0.25) is 4.79 Å². The van der Waals surface area contributed by atoms with Gasteiger partial charge in [0.2, 0.25) is 0 Å². The van der Waals surface area contributed by atoms with Crippen LogP contribution in [0.4, 0.5) is 8.78 Å². The van der Waals surface area contributed by atoms with Crippen molar-refractivity contribution in [2.24, 2.45) is 0 Å². The average molecular weight is 214 g/mol. The third-order valence-electron chi connectivity index (χ3n) is 2.24. The Bertz CT molecular complexity index is 374. The lowest BCUT2D eigenvalue weighted by Gasteiger charge is -2.08. The second-order valence-corrected chi connectivity index (χ2v) is 3.51. The highest BCUT2D eigenvalue weighted by molar-refractivity contribution is 5.67. The van der Waals surface area contributed by atoms with Gasteiger partial charge in [0, 0.05) is 12.0 Å². The first-order valence-electron chi connectivity index (χ1n) is 4.59. The Hall–Kier alpha value is -1.45. The molecule has 0 bridgehead atoms. The second-order valence-electron chi connectivity index (χ2n) is 3.51. The monoisotopic (exact) mass is 214 g/mol. The molecule has 0 heterocycles. The van der Waals surface area contributed by atoms with Gasteiger partial charge < -0.3 is 5.11 Å². The van der Waals surface area contributed by atoms with Crippen LogP contribution in [0, 0.1) is 25.5 Å². The molecule has 0 saturated heterocycles. The third-order valence-corrected chi connectivity index (χ3v) is 2.24. The summed E-state index contributed by atoms with van der Waals surface area (Å²) in [5.74, 6) is -2.34. The van der Waals surface area contributed by atoms with Crippen LogP contribution in [-0.2, 0) is 11.2 Å². The topological polar surface area (TPSA) is 37.3 Å². The Balaban J connectivity index is 3.09. The molecule has 0 spiro atoms. The molecule has 0 radical (unpaired) electrons. The fourth-order valence-corrected chi connectivity index (χ4v) is 1.48. The maximum atomic E-state index is 13.5. The maximum Gasteiger partial charge on any atom is 0.303 e. The predicted molar refractivity (Wildman–Crippen MR) is 51.8 cm³/mol. The largest absolute Gasteiger partial charge is 0.481 e. The average Bonchev–Trinajstić information content (AvgIpc) is 2.14. The number of hydrogen-bond donors (Lipinski definition) is 1. The summed E-state index contributed by atoms with van der Waals surface area (Å²) < 4.78 is 26.9. The summed E-state index contributed by atoms with van der Waals surface area (Å²) in [5, 5.41) is 8.45. The van der Waals surface area contributed by atoms with Crippen LogP contribution in [0.15, 0.2) is 6.07 Å². The van der Waals surface area contributed by atoms with E-state index in [-0.39, 0.29) is 18.4 Å². The minimum atomic E-state index is -1.06. The van der Waals surface area contributed by atoms with Crippen LogP contribution in [0.1, 0.15) is 23.1 Å². The Labute approximate surface area is 86.5 Å². The smallest absolute Gasteiger partial charge is 0.303 e. The van der Waals surface area contributed by atoms with Crippen LogP contribution in [-0.4, -0.2) is 11.1 Å². The molecule has 1 rings (SSSR count). The van der Waals surface area contributed by atoms with Crippen LogP contribution in [0.2, 0.25) is 0 Å². The van der Waals surface area contributed by atoms with Crippen LogP contribution in [0.25, 0.3) is 0 Å². The molecule has 0 atom stereocenters. The van der Waals surface area contributed by atoms with Gasteiger partial charge in [-0.15, -0.1) is 0 Å². The number of rotatable bonds is 3. The second kappa shape index (κ2) is 4.38. The van der Waals surface area contributed by atoms with Gasteiger partial charge in [-0.05, 0) is 31.4 Å². The lowest BCUT2D eigenvalue weighted by Crippen LogP contribution is -2.05. The number of carboxylic acids is 1. The predicted octanol–water partition coefficient (Wildman–Crippen LogP) is 2.60. The van der Waals surface area contributed by atoms with E-state index < -0.39 is 17.6 Å². The number of carbonyl (C=O) groups is 1. The van der Waals surface area contributed by atoms with Gasteiger partial charge in [0.1, 0.15) is 11.6 Å². The first kappa shape index (κ1) is 11.6. The molecule has 82 valence electrons. The minimum Gasteiger partial charge on any atom is -0.481 e. The summed E-state index contributed by atoms with van der Waals surface area (Å²) in [6.45, 7) is 3.07. The summed E-state index contributed by atoms with van der Waals surface area (Å²) in [6, 6.07) is 1.41. The molecule has 0 aliphatic rings. The Morgan fingerprint density at radius 2 is 1.73 bits per heavy atom. The summed E-state index contributed by atoms with van der Waals surface area (Å²) in [4.78, 5) is 10.3. The molecule has 1 aromatic carbocycles. The molecule has 2 nitrogen and oxygen atoms in total. The standard InChI is InChI=1S/C11H12F2O2/c1-6-5-7(2)11(13)8(10(6)12)3-4-9(14)15/h5H,3-4H2,1-2H3,(H,14,15). The van der Waals surface area contributed by atoms with Crippen LogP contribution < -0.4 is 0 Å². The summed E-state index contributed by atoms with van der Waals surface area (Å²) in [6.07, 6.45) is -0.383. The number of carboxylic acid groups (broad SMARTS) is 1. The van der Waals surface area contributed by atoms with Crippen molar-refractivity contribution in [1.82, 2.24) is 0 Å². The molecule has 0 aliphatic heterocycles. The van der Waals surface area contributed by atoms with Crippen molar-refractivity contribution in [3.8, 4) is 0 Å². The van der Waals surface area contributed by atoms with Crippen LogP contribution >= 0.6 is 0 Å². The molecular weight excluding hydrogens is 202 g/mol. The van der Waals surface area contributed by atoms with Crippen molar-refractivity contribution in [3.63, 3.8) is 0 Å². The van der Waals surface area contributed by atoms with E-state index in [0.717, 1.165) is 0 Å². The molecule has 15 heavy (non-hydrogen) atoms. The molecule has 0 aromatic heterocycles. The molecule has 0 fully saturated rings. The number of aliphatic carboxylic acids is 1. The normalized spacial score (nSPS) is 10.4. The summed E-state index contributed by atoms with van der Waals surface area (Å²) >= 11 is 0. The van der Waals surface area contributed by atoms with Crippen LogP contribution in [0.5, 0.6) is 0 Å². The van der Waals surface area contributed by atoms with Gasteiger partial charge in [0.25, 0.3) is 0 Å². The number of halogens is 2. The van der Waals surface area contributed by atoms with Gasteiger partial charge in [-0.2, -0.15) is 0 Å². The van der Waals surface area contributed by atoms with E-state index in [1.54, 1.807) is 0 Å². The number of aryl methyl sites for hydroxylation is 2. The van der Waals surface area contributed by atoms with Crippen molar-refractivity contribution < 1.29 is 18.7 Å². The zero-order chi connectivity index (χ0) is 11.6. The zero-order valence-electron chi connectivity index (χ0n) is 8.60. The highest BCUT2D eigenvalue weighted by atomic mass is 19.1. The molecule has 1 N–H and O–H groups in total. The Morgan fingerprint density at radius 3 is 2.13 bits per heavy atom. The van der Waals surface area contributed by atoms with E-state index in [4.69, 9.17) is 5.11 Å². The van der Waals surface area contributed by atoms with Gasteiger partial charge in [0.15, 0.2) is 0 Å². The first-order chi connectivity index (χ1) is 6.93. The van der Waals surface area contributed by atoms with Gasteiger partial charge in [-0.25, -0.2) is 8.78 Å². The van der Waals surface area contributed by atoms with Crippen molar-refractivity contribution in [2.45, 2.75) is 26.7 Å². The highest BCUT2D eigenvalue weighted by Crippen LogP contribution is 2.21. The lowest BCUT2D eigenvalue weighted by molar-refractivity contribution is -0.136. The first-order valence-corrected chi connectivity index (χ1v) is 4.59. The van der Waals surface area contributed by atoms with E-state index in [1.807, 2.05) is 0 Å². The number of benzene rings is 1. The molecular formula is C11H12F2O2. The molecule has 0 aliphatic carbocycles. The maximum absolute atomic E-state index is 13.5. The SMILES string of the molecule is Cc1cc(C)c(F)c(CCC(=O)O)c1F. The van der Waals surface area contributed by atoms with Gasteiger partial charge in [-0.1, -0.05) is 6.07 Å². The zero-order valence-corrected chi connectivity index (χ0v) is 8.60. The fourth-order valence-electron chi connectivity index (χ4n) is 1.48. The van der Waals surface area contributed by atoms with Crippen molar-refractivity contribution in [3.05, 3.63) is 34.4 Å². The van der Waals surface area contributed by atoms with Crippen molar-refractivity contribution in [2.75, 3.05) is 0 Å². The van der Waals surface area contributed by atoms with E-state index >= 15 is 0 Å². The fraction of sp³-hybridized carbons (Fsp3) is 0.364.